The summed E-state index contributed by atoms with van der Waals surface area (Å²) in [5, 5.41) is 16.4. The number of rotatable bonds is 3. The first-order chi connectivity index (χ1) is 6.83. The highest BCUT2D eigenvalue weighted by Gasteiger charge is 2.19. The van der Waals surface area contributed by atoms with E-state index in [4.69, 9.17) is 5.11 Å². The van der Waals surface area contributed by atoms with Gasteiger partial charge >= 0.3 is 0 Å². The Bertz CT molecular complexity index is 310. The highest BCUT2D eigenvalue weighted by molar-refractivity contribution is 5.27. The number of nitrogens with one attached hydrogen (secondary N) is 1. The topological polar surface area (TPSA) is 63.0 Å². The molecule has 0 saturated carbocycles. The van der Waals surface area contributed by atoms with Crippen molar-refractivity contribution in [2.75, 3.05) is 18.5 Å². The van der Waals surface area contributed by atoms with E-state index in [1.54, 1.807) is 0 Å². The molecule has 1 aromatic rings. The minimum atomic E-state index is 0.247. The summed E-state index contributed by atoms with van der Waals surface area (Å²) >= 11 is 0. The van der Waals surface area contributed by atoms with Gasteiger partial charge in [-0.3, -0.25) is 0 Å². The van der Waals surface area contributed by atoms with E-state index in [2.05, 4.69) is 15.4 Å². The van der Waals surface area contributed by atoms with Crippen LogP contribution in [0.1, 0.15) is 19.2 Å². The second-order valence-electron chi connectivity index (χ2n) is 3.65. The zero-order valence-electron chi connectivity index (χ0n) is 8.40. The van der Waals surface area contributed by atoms with Gasteiger partial charge in [0.1, 0.15) is 0 Å². The van der Waals surface area contributed by atoms with Crippen molar-refractivity contribution in [3.63, 3.8) is 0 Å². The number of aliphatic hydroxyl groups is 1. The van der Waals surface area contributed by atoms with Gasteiger partial charge in [0.05, 0.1) is 0 Å². The van der Waals surface area contributed by atoms with Gasteiger partial charge in [-0.15, -0.1) is 0 Å². The lowest BCUT2D eigenvalue weighted by atomic mass is 10.1. The lowest BCUT2D eigenvalue weighted by Crippen LogP contribution is -2.28. The first-order valence-corrected chi connectivity index (χ1v) is 5.12. The van der Waals surface area contributed by atoms with Crippen molar-refractivity contribution in [1.29, 1.82) is 0 Å². The van der Waals surface area contributed by atoms with E-state index in [-0.39, 0.29) is 6.61 Å². The molecule has 0 amide bonds. The Kier molecular flexibility index (Phi) is 2.67. The van der Waals surface area contributed by atoms with E-state index in [1.165, 1.54) is 0 Å². The highest BCUT2D eigenvalue weighted by Crippen LogP contribution is 2.17. The molecule has 0 radical (unpaired) electrons. The zero-order valence-corrected chi connectivity index (χ0v) is 8.40. The summed E-state index contributed by atoms with van der Waals surface area (Å²) in [5.74, 6) is 2.23. The van der Waals surface area contributed by atoms with Crippen LogP contribution < -0.4 is 5.32 Å². The summed E-state index contributed by atoms with van der Waals surface area (Å²) in [6.45, 7) is 4.06. The van der Waals surface area contributed by atoms with Crippen molar-refractivity contribution in [3.05, 3.63) is 5.82 Å². The quantitative estimate of drug-likeness (QED) is 0.728. The summed E-state index contributed by atoms with van der Waals surface area (Å²) in [5.41, 5.74) is 0. The third-order valence-corrected chi connectivity index (χ3v) is 2.55. The molecule has 2 rings (SSSR count). The van der Waals surface area contributed by atoms with Crippen LogP contribution in [0.3, 0.4) is 0 Å². The standard InChI is InChI=1S/C9H16N4O/c1-2-8-11-9-10-5-7(3-4-14)6-13(9)12-8/h7,14H,2-6H2,1H3,(H,10,11,12). The first-order valence-electron chi connectivity index (χ1n) is 5.12. The summed E-state index contributed by atoms with van der Waals surface area (Å²) in [4.78, 5) is 4.34. The maximum Gasteiger partial charge on any atom is 0.221 e. The normalized spacial score (nSPS) is 20.3. The zero-order chi connectivity index (χ0) is 9.97. The van der Waals surface area contributed by atoms with Crippen molar-refractivity contribution >= 4 is 5.95 Å². The Morgan fingerprint density at radius 3 is 3.21 bits per heavy atom. The van der Waals surface area contributed by atoms with Crippen molar-refractivity contribution < 1.29 is 5.11 Å². The molecule has 0 fully saturated rings. The summed E-state index contributed by atoms with van der Waals surface area (Å²) in [6, 6.07) is 0. The molecule has 5 nitrogen and oxygen atoms in total. The van der Waals surface area contributed by atoms with Crippen LogP contribution in [0.5, 0.6) is 0 Å². The number of hydrogen-bond acceptors (Lipinski definition) is 4. The molecule has 1 aliphatic heterocycles. The molecule has 0 spiro atoms. The minimum Gasteiger partial charge on any atom is -0.396 e. The second-order valence-corrected chi connectivity index (χ2v) is 3.65. The summed E-state index contributed by atoms with van der Waals surface area (Å²) in [6.07, 6.45) is 1.69. The maximum absolute atomic E-state index is 8.84. The van der Waals surface area contributed by atoms with Crippen LogP contribution in [-0.4, -0.2) is 33.0 Å². The smallest absolute Gasteiger partial charge is 0.221 e. The van der Waals surface area contributed by atoms with Crippen molar-refractivity contribution in [1.82, 2.24) is 14.8 Å². The SMILES string of the molecule is CCc1nc2n(n1)CC(CCO)CN2. The van der Waals surface area contributed by atoms with Crippen LogP contribution in [0.25, 0.3) is 0 Å². The molecule has 1 atom stereocenters. The van der Waals surface area contributed by atoms with Gasteiger partial charge in [-0.2, -0.15) is 10.1 Å². The van der Waals surface area contributed by atoms with Crippen LogP contribution in [0.15, 0.2) is 0 Å². The molecule has 1 aliphatic rings. The number of aliphatic hydroxyl groups excluding tert-OH is 1. The number of aromatic nitrogens is 3. The fraction of sp³-hybridized carbons (Fsp3) is 0.778. The van der Waals surface area contributed by atoms with Crippen LogP contribution in [0, 0.1) is 5.92 Å². The summed E-state index contributed by atoms with van der Waals surface area (Å²) < 4.78 is 1.91. The molecule has 0 aromatic carbocycles. The lowest BCUT2D eigenvalue weighted by Gasteiger charge is -2.22. The molecule has 78 valence electrons. The lowest BCUT2D eigenvalue weighted by molar-refractivity contribution is 0.244. The van der Waals surface area contributed by atoms with Gasteiger partial charge in [-0.25, -0.2) is 4.68 Å². The molecule has 0 aliphatic carbocycles. The van der Waals surface area contributed by atoms with Gasteiger partial charge in [-0.05, 0) is 12.3 Å². The predicted octanol–water partition coefficient (Wildman–Crippen LogP) is 0.265. The molecule has 1 unspecified atom stereocenters. The molecule has 2 N–H and O–H groups in total. The van der Waals surface area contributed by atoms with Crippen LogP contribution in [-0.2, 0) is 13.0 Å². The Morgan fingerprint density at radius 1 is 1.64 bits per heavy atom. The molecule has 2 heterocycles. The minimum absolute atomic E-state index is 0.247. The van der Waals surface area contributed by atoms with E-state index < -0.39 is 0 Å². The van der Waals surface area contributed by atoms with E-state index in [0.717, 1.165) is 37.7 Å². The first kappa shape index (κ1) is 9.45. The third-order valence-electron chi connectivity index (χ3n) is 2.55. The van der Waals surface area contributed by atoms with Gasteiger partial charge in [0.2, 0.25) is 5.95 Å². The monoisotopic (exact) mass is 196 g/mol. The Morgan fingerprint density at radius 2 is 2.50 bits per heavy atom. The van der Waals surface area contributed by atoms with E-state index in [9.17, 15) is 0 Å². The number of hydrogen-bond donors (Lipinski definition) is 2. The fourth-order valence-electron chi connectivity index (χ4n) is 1.72. The predicted molar refractivity (Wildman–Crippen MR) is 53.1 cm³/mol. The number of nitrogens with zero attached hydrogens (tertiary/aromatic N) is 3. The third kappa shape index (κ3) is 1.72. The van der Waals surface area contributed by atoms with Crippen LogP contribution in [0.4, 0.5) is 5.95 Å². The molecule has 0 bridgehead atoms. The number of fused-ring (bicyclic) bond motifs is 1. The van der Waals surface area contributed by atoms with Gasteiger partial charge < -0.3 is 10.4 Å². The second kappa shape index (κ2) is 3.96. The fourth-order valence-corrected chi connectivity index (χ4v) is 1.72. The van der Waals surface area contributed by atoms with Gasteiger partial charge in [-0.1, -0.05) is 6.92 Å². The molecule has 0 saturated heterocycles. The Balaban J connectivity index is 2.09. The highest BCUT2D eigenvalue weighted by atomic mass is 16.3. The Hall–Kier alpha value is -1.10. The average molecular weight is 196 g/mol. The molecule has 5 heteroatoms. The molecule has 14 heavy (non-hydrogen) atoms. The van der Waals surface area contributed by atoms with E-state index in [1.807, 2.05) is 11.6 Å². The number of anilines is 1. The summed E-state index contributed by atoms with van der Waals surface area (Å²) in [7, 11) is 0. The average Bonchev–Trinajstić information content (AvgIpc) is 2.60. The van der Waals surface area contributed by atoms with Gasteiger partial charge in [0, 0.05) is 26.1 Å². The van der Waals surface area contributed by atoms with Crippen molar-refractivity contribution in [2.45, 2.75) is 26.3 Å². The maximum atomic E-state index is 8.84. The Labute approximate surface area is 83.2 Å². The van der Waals surface area contributed by atoms with Crippen molar-refractivity contribution in [3.8, 4) is 0 Å². The molecular weight excluding hydrogens is 180 g/mol. The van der Waals surface area contributed by atoms with Crippen molar-refractivity contribution in [2.24, 2.45) is 5.92 Å². The molecule has 1 aromatic heterocycles. The van der Waals surface area contributed by atoms with Gasteiger partial charge in [0.15, 0.2) is 5.82 Å². The van der Waals surface area contributed by atoms with Crippen LogP contribution >= 0.6 is 0 Å². The number of aryl methyl sites for hydroxylation is 1. The van der Waals surface area contributed by atoms with E-state index in [0.29, 0.717) is 5.92 Å². The van der Waals surface area contributed by atoms with E-state index >= 15 is 0 Å². The van der Waals surface area contributed by atoms with Gasteiger partial charge in [0.25, 0.3) is 0 Å². The largest absolute Gasteiger partial charge is 0.396 e. The van der Waals surface area contributed by atoms with Crippen LogP contribution in [0.2, 0.25) is 0 Å². The molecular formula is C9H16N4O.